The summed E-state index contributed by atoms with van der Waals surface area (Å²) in [6.45, 7) is 7.72. The van der Waals surface area contributed by atoms with E-state index in [1.807, 2.05) is 20.8 Å². The maximum absolute atomic E-state index is 11.6. The molecule has 0 unspecified atom stereocenters. The van der Waals surface area contributed by atoms with Crippen LogP contribution >= 0.6 is 11.6 Å². The fraction of sp³-hybridized carbons (Fsp3) is 0.455. The Balaban J connectivity index is 3.29. The van der Waals surface area contributed by atoms with Crippen LogP contribution in [0.3, 0.4) is 0 Å². The predicted molar refractivity (Wildman–Crippen MR) is 59.4 cm³/mol. The Morgan fingerprint density at radius 2 is 1.93 bits per heavy atom. The zero-order valence-corrected chi connectivity index (χ0v) is 10.1. The Kier molecular flexibility index (Phi) is 3.69. The highest BCUT2D eigenvalue weighted by Gasteiger charge is 2.18. The van der Waals surface area contributed by atoms with E-state index in [2.05, 4.69) is 4.98 Å². The van der Waals surface area contributed by atoms with E-state index in [-0.39, 0.29) is 5.15 Å². The second-order valence-electron chi connectivity index (χ2n) is 3.33. The first kappa shape index (κ1) is 12.0. The van der Waals surface area contributed by atoms with Crippen molar-refractivity contribution in [2.24, 2.45) is 0 Å². The summed E-state index contributed by atoms with van der Waals surface area (Å²) in [6, 6.07) is 0. The van der Waals surface area contributed by atoms with Crippen LogP contribution in [0.1, 0.15) is 34.1 Å². The van der Waals surface area contributed by atoms with Gasteiger partial charge in [0.1, 0.15) is 10.7 Å². The van der Waals surface area contributed by atoms with Crippen LogP contribution in [0.2, 0.25) is 5.15 Å². The number of halogens is 1. The van der Waals surface area contributed by atoms with Crippen LogP contribution < -0.4 is 0 Å². The molecule has 0 N–H and O–H groups in total. The van der Waals surface area contributed by atoms with E-state index >= 15 is 0 Å². The molecule has 0 saturated carbocycles. The Labute approximate surface area is 94.4 Å². The van der Waals surface area contributed by atoms with E-state index in [4.69, 9.17) is 16.3 Å². The van der Waals surface area contributed by atoms with Crippen molar-refractivity contribution in [1.82, 2.24) is 4.98 Å². The lowest BCUT2D eigenvalue weighted by Gasteiger charge is -2.11. The van der Waals surface area contributed by atoms with Crippen LogP contribution in [-0.2, 0) is 4.74 Å². The molecule has 0 amide bonds. The van der Waals surface area contributed by atoms with E-state index in [1.165, 1.54) is 0 Å². The Morgan fingerprint density at radius 3 is 2.47 bits per heavy atom. The van der Waals surface area contributed by atoms with Crippen molar-refractivity contribution in [2.75, 3.05) is 6.61 Å². The molecule has 0 radical (unpaired) electrons. The van der Waals surface area contributed by atoms with Gasteiger partial charge in [-0.15, -0.1) is 0 Å². The number of hydrogen-bond acceptors (Lipinski definition) is 3. The Bertz CT molecular complexity index is 402. The fourth-order valence-electron chi connectivity index (χ4n) is 1.34. The third-order valence-corrected chi connectivity index (χ3v) is 2.71. The molecule has 0 bridgehead atoms. The second-order valence-corrected chi connectivity index (χ2v) is 3.69. The third-order valence-electron chi connectivity index (χ3n) is 2.43. The van der Waals surface area contributed by atoms with Crippen molar-refractivity contribution in [3.8, 4) is 0 Å². The summed E-state index contributed by atoms with van der Waals surface area (Å²) in [5.74, 6) is -0.407. The topological polar surface area (TPSA) is 39.2 Å². The standard InChI is InChI=1S/C11H14ClNO2/c1-5-15-11(14)9-7(3)6(2)8(4)13-10(9)12/h5H2,1-4H3. The molecule has 4 heteroatoms. The van der Waals surface area contributed by atoms with Gasteiger partial charge in [-0.25, -0.2) is 9.78 Å². The van der Waals surface area contributed by atoms with E-state index in [1.54, 1.807) is 6.92 Å². The molecule has 0 spiro atoms. The molecule has 0 aromatic carbocycles. The van der Waals surface area contributed by atoms with Crippen LogP contribution in [-0.4, -0.2) is 17.6 Å². The molecule has 0 fully saturated rings. The normalized spacial score (nSPS) is 10.2. The molecule has 1 rings (SSSR count). The summed E-state index contributed by atoms with van der Waals surface area (Å²) in [4.78, 5) is 15.7. The van der Waals surface area contributed by atoms with Crippen molar-refractivity contribution < 1.29 is 9.53 Å². The van der Waals surface area contributed by atoms with Crippen LogP contribution in [0.15, 0.2) is 0 Å². The van der Waals surface area contributed by atoms with Gasteiger partial charge in [0.05, 0.1) is 6.61 Å². The highest BCUT2D eigenvalue weighted by atomic mass is 35.5. The second kappa shape index (κ2) is 4.62. The van der Waals surface area contributed by atoms with Gasteiger partial charge in [0.2, 0.25) is 0 Å². The predicted octanol–water partition coefficient (Wildman–Crippen LogP) is 2.84. The van der Waals surface area contributed by atoms with Gasteiger partial charge in [-0.3, -0.25) is 0 Å². The van der Waals surface area contributed by atoms with Gasteiger partial charge < -0.3 is 4.74 Å². The number of esters is 1. The van der Waals surface area contributed by atoms with E-state index < -0.39 is 5.97 Å². The molecule has 0 saturated heterocycles. The summed E-state index contributed by atoms with van der Waals surface area (Å²) in [6.07, 6.45) is 0. The van der Waals surface area contributed by atoms with Gasteiger partial charge in [-0.2, -0.15) is 0 Å². The number of rotatable bonds is 2. The summed E-state index contributed by atoms with van der Waals surface area (Å²) in [7, 11) is 0. The largest absolute Gasteiger partial charge is 0.462 e. The van der Waals surface area contributed by atoms with Crippen LogP contribution in [0.5, 0.6) is 0 Å². The molecule has 0 atom stereocenters. The van der Waals surface area contributed by atoms with Gasteiger partial charge in [0, 0.05) is 5.69 Å². The molecule has 1 heterocycles. The Hall–Kier alpha value is -1.09. The average Bonchev–Trinajstić information content (AvgIpc) is 2.15. The highest BCUT2D eigenvalue weighted by Crippen LogP contribution is 2.23. The maximum Gasteiger partial charge on any atom is 0.341 e. The first-order valence-corrected chi connectivity index (χ1v) is 5.17. The molecule has 15 heavy (non-hydrogen) atoms. The molecule has 3 nitrogen and oxygen atoms in total. The lowest BCUT2D eigenvalue weighted by atomic mass is 10.0. The quantitative estimate of drug-likeness (QED) is 0.576. The van der Waals surface area contributed by atoms with E-state index in [0.717, 1.165) is 16.8 Å². The SMILES string of the molecule is CCOC(=O)c1c(Cl)nc(C)c(C)c1C. The molecule has 1 aromatic rings. The minimum Gasteiger partial charge on any atom is -0.462 e. The van der Waals surface area contributed by atoms with Crippen LogP contribution in [0.25, 0.3) is 0 Å². The van der Waals surface area contributed by atoms with Crippen molar-refractivity contribution in [2.45, 2.75) is 27.7 Å². The number of ether oxygens (including phenoxy) is 1. The van der Waals surface area contributed by atoms with Crippen molar-refractivity contribution in [3.05, 3.63) is 27.5 Å². The van der Waals surface area contributed by atoms with E-state index in [0.29, 0.717) is 12.2 Å². The first-order chi connectivity index (χ1) is 6.99. The summed E-state index contributed by atoms with van der Waals surface area (Å²) < 4.78 is 4.92. The molecular formula is C11H14ClNO2. The molecule has 1 aromatic heterocycles. The highest BCUT2D eigenvalue weighted by molar-refractivity contribution is 6.32. The summed E-state index contributed by atoms with van der Waals surface area (Å²) >= 11 is 5.93. The smallest absolute Gasteiger partial charge is 0.341 e. The van der Waals surface area contributed by atoms with Crippen molar-refractivity contribution >= 4 is 17.6 Å². The monoisotopic (exact) mass is 227 g/mol. The molecule has 0 aliphatic rings. The molecule has 82 valence electrons. The number of carbonyl (C=O) groups is 1. The minimum absolute atomic E-state index is 0.217. The lowest BCUT2D eigenvalue weighted by molar-refractivity contribution is 0.0525. The maximum atomic E-state index is 11.6. The van der Waals surface area contributed by atoms with Gasteiger partial charge in [0.25, 0.3) is 0 Å². The number of carbonyl (C=O) groups excluding carboxylic acids is 1. The zero-order valence-electron chi connectivity index (χ0n) is 9.35. The van der Waals surface area contributed by atoms with Crippen LogP contribution in [0.4, 0.5) is 0 Å². The summed E-state index contributed by atoms with van der Waals surface area (Å²) in [5.41, 5.74) is 3.03. The molecular weight excluding hydrogens is 214 g/mol. The van der Waals surface area contributed by atoms with Gasteiger partial charge in [-0.1, -0.05) is 11.6 Å². The zero-order chi connectivity index (χ0) is 11.6. The number of aromatic nitrogens is 1. The van der Waals surface area contributed by atoms with E-state index in [9.17, 15) is 4.79 Å². The van der Waals surface area contributed by atoms with Crippen LogP contribution in [0, 0.1) is 20.8 Å². The average molecular weight is 228 g/mol. The van der Waals surface area contributed by atoms with Crippen molar-refractivity contribution in [3.63, 3.8) is 0 Å². The Morgan fingerprint density at radius 1 is 1.33 bits per heavy atom. The number of aryl methyl sites for hydroxylation is 1. The molecule has 0 aliphatic carbocycles. The molecule has 0 aliphatic heterocycles. The fourth-order valence-corrected chi connectivity index (χ4v) is 1.69. The number of hydrogen-bond donors (Lipinski definition) is 0. The van der Waals surface area contributed by atoms with Gasteiger partial charge in [-0.05, 0) is 38.8 Å². The number of nitrogens with zero attached hydrogens (tertiary/aromatic N) is 1. The minimum atomic E-state index is -0.407. The van der Waals surface area contributed by atoms with Gasteiger partial charge >= 0.3 is 5.97 Å². The first-order valence-electron chi connectivity index (χ1n) is 4.79. The summed E-state index contributed by atoms with van der Waals surface area (Å²) in [5, 5.41) is 0.217. The van der Waals surface area contributed by atoms with Gasteiger partial charge in [0.15, 0.2) is 0 Å². The lowest BCUT2D eigenvalue weighted by Crippen LogP contribution is -2.10. The number of pyridine rings is 1. The third kappa shape index (κ3) is 2.29. The van der Waals surface area contributed by atoms with Crippen molar-refractivity contribution in [1.29, 1.82) is 0 Å².